The largest absolute Gasteiger partial charge is 0.465 e. The Hall–Kier alpha value is -1.48. The van der Waals surface area contributed by atoms with Gasteiger partial charge in [0, 0.05) is 5.75 Å². The summed E-state index contributed by atoms with van der Waals surface area (Å²) in [4.78, 5) is 11.3. The summed E-state index contributed by atoms with van der Waals surface area (Å²) < 4.78 is 4.91. The standard InChI is InChI=1S/C15H16O2S/c1-2-17-15(16)11-18-10-13-8-5-7-12-6-3-4-9-14(12)13/h3-9H,2,10-11H2,1H3. The highest BCUT2D eigenvalue weighted by molar-refractivity contribution is 7.99. The van der Waals surface area contributed by atoms with E-state index in [0.717, 1.165) is 5.75 Å². The van der Waals surface area contributed by atoms with E-state index in [1.54, 1.807) is 11.8 Å². The first-order valence-corrected chi connectivity index (χ1v) is 7.16. The van der Waals surface area contributed by atoms with Crippen LogP contribution in [0.2, 0.25) is 0 Å². The van der Waals surface area contributed by atoms with Crippen LogP contribution in [0.25, 0.3) is 10.8 Å². The first-order valence-electron chi connectivity index (χ1n) is 6.01. The van der Waals surface area contributed by atoms with Crippen molar-refractivity contribution in [2.45, 2.75) is 12.7 Å². The number of esters is 1. The van der Waals surface area contributed by atoms with Crippen LogP contribution in [-0.4, -0.2) is 18.3 Å². The maximum Gasteiger partial charge on any atom is 0.315 e. The summed E-state index contributed by atoms with van der Waals surface area (Å²) >= 11 is 1.59. The predicted octanol–water partition coefficient (Wildman–Crippen LogP) is 3.64. The first-order chi connectivity index (χ1) is 8.81. The average Bonchev–Trinajstić information content (AvgIpc) is 2.39. The van der Waals surface area contributed by atoms with Gasteiger partial charge >= 0.3 is 5.97 Å². The van der Waals surface area contributed by atoms with Gasteiger partial charge < -0.3 is 4.74 Å². The maximum atomic E-state index is 11.3. The second-order valence-corrected chi connectivity index (χ2v) is 4.92. The highest BCUT2D eigenvalue weighted by Crippen LogP contribution is 2.22. The number of thioether (sulfide) groups is 1. The summed E-state index contributed by atoms with van der Waals surface area (Å²) in [6.45, 7) is 2.28. The van der Waals surface area contributed by atoms with Crippen molar-refractivity contribution in [3.63, 3.8) is 0 Å². The van der Waals surface area contributed by atoms with E-state index in [1.807, 2.05) is 19.1 Å². The molecule has 2 aromatic rings. The molecule has 2 rings (SSSR count). The van der Waals surface area contributed by atoms with Crippen LogP contribution in [-0.2, 0) is 15.3 Å². The lowest BCUT2D eigenvalue weighted by Gasteiger charge is -2.06. The molecule has 0 unspecified atom stereocenters. The Balaban J connectivity index is 2.01. The van der Waals surface area contributed by atoms with Gasteiger partial charge in [-0.05, 0) is 23.3 Å². The van der Waals surface area contributed by atoms with Crippen molar-refractivity contribution in [3.05, 3.63) is 48.0 Å². The summed E-state index contributed by atoms with van der Waals surface area (Å²) in [5.74, 6) is 1.11. The summed E-state index contributed by atoms with van der Waals surface area (Å²) in [5.41, 5.74) is 1.27. The van der Waals surface area contributed by atoms with Gasteiger partial charge in [0.1, 0.15) is 0 Å². The molecular formula is C15H16O2S. The van der Waals surface area contributed by atoms with Crippen LogP contribution in [0.15, 0.2) is 42.5 Å². The van der Waals surface area contributed by atoms with Crippen molar-refractivity contribution in [2.75, 3.05) is 12.4 Å². The molecule has 0 saturated heterocycles. The van der Waals surface area contributed by atoms with Gasteiger partial charge in [0.15, 0.2) is 0 Å². The third-order valence-corrected chi connectivity index (χ3v) is 3.62. The fourth-order valence-electron chi connectivity index (χ4n) is 1.87. The van der Waals surface area contributed by atoms with Crippen LogP contribution in [0.3, 0.4) is 0 Å². The number of hydrogen-bond acceptors (Lipinski definition) is 3. The van der Waals surface area contributed by atoms with Crippen LogP contribution in [0.4, 0.5) is 0 Å². The minimum Gasteiger partial charge on any atom is -0.465 e. The molecule has 0 atom stereocenters. The van der Waals surface area contributed by atoms with Gasteiger partial charge in [-0.25, -0.2) is 0 Å². The number of rotatable bonds is 5. The second-order valence-electron chi connectivity index (χ2n) is 3.94. The Morgan fingerprint density at radius 3 is 2.78 bits per heavy atom. The van der Waals surface area contributed by atoms with E-state index >= 15 is 0 Å². The molecule has 0 aliphatic heterocycles. The second kappa shape index (κ2) is 6.45. The van der Waals surface area contributed by atoms with Crippen LogP contribution >= 0.6 is 11.8 Å². The van der Waals surface area contributed by atoms with Crippen molar-refractivity contribution < 1.29 is 9.53 Å². The van der Waals surface area contributed by atoms with Crippen molar-refractivity contribution in [1.29, 1.82) is 0 Å². The third-order valence-electron chi connectivity index (χ3n) is 2.66. The SMILES string of the molecule is CCOC(=O)CSCc1cccc2ccccc12. The summed E-state index contributed by atoms with van der Waals surface area (Å²) in [7, 11) is 0. The zero-order valence-corrected chi connectivity index (χ0v) is 11.2. The highest BCUT2D eigenvalue weighted by Gasteiger charge is 2.04. The lowest BCUT2D eigenvalue weighted by molar-refractivity contribution is -0.139. The Kier molecular flexibility index (Phi) is 4.65. The van der Waals surface area contributed by atoms with E-state index in [4.69, 9.17) is 4.74 Å². The monoisotopic (exact) mass is 260 g/mol. The van der Waals surface area contributed by atoms with Crippen LogP contribution in [0, 0.1) is 0 Å². The molecule has 2 nitrogen and oxygen atoms in total. The van der Waals surface area contributed by atoms with Gasteiger partial charge in [0.25, 0.3) is 0 Å². The van der Waals surface area contributed by atoms with Gasteiger partial charge in [-0.3, -0.25) is 4.79 Å². The molecule has 0 bridgehead atoms. The Morgan fingerprint density at radius 2 is 1.94 bits per heavy atom. The zero-order chi connectivity index (χ0) is 12.8. The smallest absolute Gasteiger partial charge is 0.315 e. The fourth-order valence-corrected chi connectivity index (χ4v) is 2.69. The zero-order valence-electron chi connectivity index (χ0n) is 10.4. The molecule has 0 fully saturated rings. The van der Waals surface area contributed by atoms with E-state index in [0.29, 0.717) is 12.4 Å². The Labute approximate surface area is 111 Å². The average molecular weight is 260 g/mol. The molecule has 0 saturated carbocycles. The molecule has 0 amide bonds. The topological polar surface area (TPSA) is 26.3 Å². The third kappa shape index (κ3) is 3.26. The predicted molar refractivity (Wildman–Crippen MR) is 76.7 cm³/mol. The van der Waals surface area contributed by atoms with Gasteiger partial charge in [0.2, 0.25) is 0 Å². The number of carbonyl (C=O) groups excluding carboxylic acids is 1. The van der Waals surface area contributed by atoms with Gasteiger partial charge in [-0.15, -0.1) is 11.8 Å². The lowest BCUT2D eigenvalue weighted by atomic mass is 10.1. The molecule has 2 aromatic carbocycles. The molecule has 18 heavy (non-hydrogen) atoms. The molecular weight excluding hydrogens is 244 g/mol. The molecule has 0 radical (unpaired) electrons. The van der Waals surface area contributed by atoms with E-state index in [-0.39, 0.29) is 5.97 Å². The molecule has 0 aliphatic carbocycles. The molecule has 0 N–H and O–H groups in total. The van der Waals surface area contributed by atoms with Gasteiger partial charge in [-0.1, -0.05) is 42.5 Å². The summed E-state index contributed by atoms with van der Waals surface area (Å²) in [6.07, 6.45) is 0. The van der Waals surface area contributed by atoms with E-state index in [2.05, 4.69) is 30.3 Å². The van der Waals surface area contributed by atoms with Crippen molar-refractivity contribution in [2.24, 2.45) is 0 Å². The Morgan fingerprint density at radius 1 is 1.17 bits per heavy atom. The summed E-state index contributed by atoms with van der Waals surface area (Å²) in [6, 6.07) is 14.6. The van der Waals surface area contributed by atoms with E-state index < -0.39 is 0 Å². The van der Waals surface area contributed by atoms with Crippen LogP contribution < -0.4 is 0 Å². The van der Waals surface area contributed by atoms with Crippen LogP contribution in [0.5, 0.6) is 0 Å². The molecule has 0 spiro atoms. The van der Waals surface area contributed by atoms with Gasteiger partial charge in [0.05, 0.1) is 12.4 Å². The highest BCUT2D eigenvalue weighted by atomic mass is 32.2. The number of fused-ring (bicyclic) bond motifs is 1. The first kappa shape index (κ1) is 13.0. The maximum absolute atomic E-state index is 11.3. The minimum absolute atomic E-state index is 0.136. The quantitative estimate of drug-likeness (QED) is 0.768. The van der Waals surface area contributed by atoms with Crippen molar-refractivity contribution in [3.8, 4) is 0 Å². The molecule has 0 aliphatic rings. The van der Waals surface area contributed by atoms with Gasteiger partial charge in [-0.2, -0.15) is 0 Å². The number of hydrogen-bond donors (Lipinski definition) is 0. The normalized spacial score (nSPS) is 10.5. The van der Waals surface area contributed by atoms with E-state index in [9.17, 15) is 4.79 Å². The molecule has 0 heterocycles. The fraction of sp³-hybridized carbons (Fsp3) is 0.267. The Bertz CT molecular complexity index is 532. The van der Waals surface area contributed by atoms with E-state index in [1.165, 1.54) is 16.3 Å². The van der Waals surface area contributed by atoms with Crippen molar-refractivity contribution in [1.82, 2.24) is 0 Å². The molecule has 94 valence electrons. The van der Waals surface area contributed by atoms with Crippen LogP contribution in [0.1, 0.15) is 12.5 Å². The van der Waals surface area contributed by atoms with Crippen molar-refractivity contribution >= 4 is 28.5 Å². The molecule has 3 heteroatoms. The minimum atomic E-state index is -0.136. The number of benzene rings is 2. The molecule has 0 aromatic heterocycles. The summed E-state index contributed by atoms with van der Waals surface area (Å²) in [5, 5.41) is 2.50. The number of carbonyl (C=O) groups is 1. The number of ether oxygens (including phenoxy) is 1. The lowest BCUT2D eigenvalue weighted by Crippen LogP contribution is -2.06.